The number of nitrogens with two attached hydrogens (primary N) is 1. The third kappa shape index (κ3) is 4.45. The highest BCUT2D eigenvalue weighted by molar-refractivity contribution is 7.98. The Balaban J connectivity index is 1.69. The normalized spacial score (nSPS) is 12.9. The van der Waals surface area contributed by atoms with E-state index in [0.717, 1.165) is 37.0 Å². The molecule has 1 aliphatic heterocycles. The first-order chi connectivity index (χ1) is 16.3. The largest absolute Gasteiger partial charge is 0.506 e. The number of nitrogens with one attached hydrogen (secondary N) is 2. The lowest BCUT2D eigenvalue weighted by Crippen LogP contribution is -2.34. The smallest absolute Gasteiger partial charge is 0.263 e. The number of carbonyl (C=O) groups is 1. The van der Waals surface area contributed by atoms with E-state index in [0.29, 0.717) is 20.9 Å². The second-order valence-corrected chi connectivity index (χ2v) is 8.39. The Morgan fingerprint density at radius 1 is 1.29 bits per heavy atom. The van der Waals surface area contributed by atoms with Crippen LogP contribution < -0.4 is 26.4 Å². The summed E-state index contributed by atoms with van der Waals surface area (Å²) in [6.07, 6.45) is 2.04. The molecule has 0 saturated heterocycles. The molecular weight excluding hydrogens is 462 g/mol. The van der Waals surface area contributed by atoms with Crippen LogP contribution in [0.25, 0.3) is 10.9 Å². The highest BCUT2D eigenvalue weighted by Crippen LogP contribution is 2.45. The zero-order valence-electron chi connectivity index (χ0n) is 18.2. The number of primary amides is 1. The minimum Gasteiger partial charge on any atom is -0.506 e. The summed E-state index contributed by atoms with van der Waals surface area (Å²) in [5.74, 6) is -1.56. The molecule has 12 heteroatoms. The van der Waals surface area contributed by atoms with E-state index >= 15 is 0 Å². The van der Waals surface area contributed by atoms with Gasteiger partial charge in [0.1, 0.15) is 28.5 Å². The van der Waals surface area contributed by atoms with Gasteiger partial charge in [0.15, 0.2) is 12.4 Å². The van der Waals surface area contributed by atoms with Gasteiger partial charge in [-0.2, -0.15) is 9.46 Å². The number of hydrogen-bond acceptors (Lipinski definition) is 10. The Morgan fingerprint density at radius 2 is 2.09 bits per heavy atom. The van der Waals surface area contributed by atoms with Crippen molar-refractivity contribution in [2.24, 2.45) is 10.1 Å². The van der Waals surface area contributed by atoms with Crippen LogP contribution in [-0.4, -0.2) is 45.3 Å². The molecule has 0 bridgehead atoms. The summed E-state index contributed by atoms with van der Waals surface area (Å²) in [5.41, 5.74) is 5.29. The van der Waals surface area contributed by atoms with Crippen molar-refractivity contribution >= 4 is 46.0 Å². The van der Waals surface area contributed by atoms with Gasteiger partial charge in [0.05, 0.1) is 10.4 Å². The molecule has 4 rings (SSSR count). The van der Waals surface area contributed by atoms with E-state index in [1.54, 1.807) is 18.2 Å². The lowest BCUT2D eigenvalue weighted by Gasteiger charge is -2.26. The minimum atomic E-state index is -0.691. The number of amidine groups is 1. The summed E-state index contributed by atoms with van der Waals surface area (Å²) in [4.78, 5) is 26.8. The zero-order valence-corrected chi connectivity index (χ0v) is 19.0. The van der Waals surface area contributed by atoms with Gasteiger partial charge >= 0.3 is 0 Å². The summed E-state index contributed by atoms with van der Waals surface area (Å²) in [6.45, 7) is 2.48. The van der Waals surface area contributed by atoms with Gasteiger partial charge in [-0.05, 0) is 30.7 Å². The number of unbranched alkanes of at least 4 members (excludes halogenated alkanes) is 1. The number of rotatable bonds is 8. The van der Waals surface area contributed by atoms with Gasteiger partial charge in [-0.15, -0.1) is 0 Å². The highest BCUT2D eigenvalue weighted by Gasteiger charge is 2.30. The average molecular weight is 486 g/mol. The molecule has 34 heavy (non-hydrogen) atoms. The van der Waals surface area contributed by atoms with Crippen LogP contribution in [0.1, 0.15) is 25.3 Å². The molecule has 2 heterocycles. The number of fused-ring (bicyclic) bond motifs is 2. The number of aromatic hydroxyl groups is 2. The number of phenols is 1. The number of H-pyrrole nitrogens is 1. The molecule has 0 fully saturated rings. The van der Waals surface area contributed by atoms with E-state index in [-0.39, 0.29) is 34.3 Å². The van der Waals surface area contributed by atoms with Crippen molar-refractivity contribution in [2.75, 3.05) is 23.5 Å². The summed E-state index contributed by atoms with van der Waals surface area (Å²) in [7, 11) is 0. The number of carbonyl (C=O) groups excluding carboxylic acids is 1. The first kappa shape index (κ1) is 23.3. The minimum absolute atomic E-state index is 0.0594. The van der Waals surface area contributed by atoms with E-state index < -0.39 is 18.1 Å². The van der Waals surface area contributed by atoms with E-state index in [1.807, 2.05) is 0 Å². The SMILES string of the molecule is CCCCNc1ccc2c(O)c(C3=NSc4cc(OCC(N)=O)cc(O)c4N3O)c(=O)[nH]c2c1. The quantitative estimate of drug-likeness (QED) is 0.207. The first-order valence-electron chi connectivity index (χ1n) is 10.5. The number of aromatic amines is 1. The summed E-state index contributed by atoms with van der Waals surface area (Å²) >= 11 is 0.851. The number of pyridine rings is 1. The third-order valence-electron chi connectivity index (χ3n) is 5.12. The predicted molar refractivity (Wildman–Crippen MR) is 129 cm³/mol. The van der Waals surface area contributed by atoms with Gasteiger partial charge in [-0.1, -0.05) is 13.3 Å². The molecule has 3 aromatic rings. The number of nitrogens with zero attached hydrogens (tertiary/aromatic N) is 2. The van der Waals surface area contributed by atoms with E-state index in [4.69, 9.17) is 10.5 Å². The van der Waals surface area contributed by atoms with Crippen LogP contribution in [0.5, 0.6) is 17.2 Å². The number of ether oxygens (including phenoxy) is 1. The van der Waals surface area contributed by atoms with Gasteiger partial charge in [0, 0.05) is 35.6 Å². The number of aromatic nitrogens is 1. The first-order valence-corrected chi connectivity index (χ1v) is 11.2. The number of anilines is 2. The highest BCUT2D eigenvalue weighted by atomic mass is 32.2. The maximum Gasteiger partial charge on any atom is 0.263 e. The molecule has 1 aliphatic rings. The fourth-order valence-corrected chi connectivity index (χ4v) is 4.29. The monoisotopic (exact) mass is 485 g/mol. The average Bonchev–Trinajstić information content (AvgIpc) is 2.79. The molecule has 1 amide bonds. The van der Waals surface area contributed by atoms with Crippen molar-refractivity contribution in [3.05, 3.63) is 46.2 Å². The fraction of sp³-hybridized carbons (Fsp3) is 0.227. The van der Waals surface area contributed by atoms with Crippen molar-refractivity contribution < 1.29 is 25.0 Å². The van der Waals surface area contributed by atoms with Crippen LogP contribution in [0.15, 0.2) is 44.4 Å². The number of hydroxylamine groups is 1. The van der Waals surface area contributed by atoms with Crippen molar-refractivity contribution in [1.29, 1.82) is 0 Å². The maximum absolute atomic E-state index is 12.9. The molecule has 0 aliphatic carbocycles. The third-order valence-corrected chi connectivity index (χ3v) is 5.89. The number of amides is 1. The Kier molecular flexibility index (Phi) is 6.52. The maximum atomic E-state index is 12.9. The molecule has 7 N–H and O–H groups in total. The molecule has 0 saturated carbocycles. The lowest BCUT2D eigenvalue weighted by atomic mass is 10.1. The van der Waals surface area contributed by atoms with Crippen LogP contribution >= 0.6 is 11.9 Å². The molecular formula is C22H23N5O6S. The van der Waals surface area contributed by atoms with Gasteiger partial charge in [0.25, 0.3) is 11.5 Å². The van der Waals surface area contributed by atoms with Gasteiger partial charge in [-0.3, -0.25) is 14.8 Å². The Hall–Kier alpha value is -3.90. The van der Waals surface area contributed by atoms with Crippen molar-refractivity contribution in [3.8, 4) is 17.2 Å². The number of hydrogen-bond donors (Lipinski definition) is 6. The molecule has 2 aromatic carbocycles. The zero-order chi connectivity index (χ0) is 24.4. The van der Waals surface area contributed by atoms with Crippen molar-refractivity contribution in [3.63, 3.8) is 0 Å². The summed E-state index contributed by atoms with van der Waals surface area (Å²) < 4.78 is 9.35. The molecule has 0 spiro atoms. The number of phenolic OH excluding ortho intramolecular Hbond substituents is 1. The van der Waals surface area contributed by atoms with Crippen LogP contribution in [0.4, 0.5) is 11.4 Å². The molecule has 178 valence electrons. The molecule has 11 nitrogen and oxygen atoms in total. The lowest BCUT2D eigenvalue weighted by molar-refractivity contribution is -0.119. The second kappa shape index (κ2) is 9.53. The Morgan fingerprint density at radius 3 is 2.82 bits per heavy atom. The standard InChI is InChI=1S/C22H23N5O6S/c1-2-3-6-24-11-4-5-13-14(7-11)25-22(31)18(20(13)30)21-26-34-16-9-12(33-10-17(23)29)8-15(28)19(16)27(21)32/h4-5,7-9,24,28,32H,2-3,6,10H2,1H3,(H2,23,29)(H2,25,30,31). The van der Waals surface area contributed by atoms with Gasteiger partial charge < -0.3 is 31.0 Å². The van der Waals surface area contributed by atoms with E-state index in [9.17, 15) is 25.0 Å². The molecule has 0 radical (unpaired) electrons. The van der Waals surface area contributed by atoms with Crippen LogP contribution in [0, 0.1) is 0 Å². The topological polar surface area (TPSA) is 173 Å². The summed E-state index contributed by atoms with van der Waals surface area (Å²) in [6, 6.07) is 7.79. The Labute approximate surface area is 198 Å². The van der Waals surface area contributed by atoms with Crippen molar-refractivity contribution in [1.82, 2.24) is 4.98 Å². The molecule has 1 aromatic heterocycles. The predicted octanol–water partition coefficient (Wildman–Crippen LogP) is 2.68. The van der Waals surface area contributed by atoms with Crippen molar-refractivity contribution in [2.45, 2.75) is 24.7 Å². The summed E-state index contributed by atoms with van der Waals surface area (Å²) in [5, 5.41) is 36.3. The number of benzene rings is 2. The molecule has 0 unspecified atom stereocenters. The van der Waals surface area contributed by atoms with E-state index in [2.05, 4.69) is 21.6 Å². The van der Waals surface area contributed by atoms with Crippen LogP contribution in [-0.2, 0) is 4.79 Å². The van der Waals surface area contributed by atoms with E-state index in [1.165, 1.54) is 12.1 Å². The molecule has 0 atom stereocenters. The fourth-order valence-electron chi connectivity index (χ4n) is 3.49. The van der Waals surface area contributed by atoms with Crippen LogP contribution in [0.2, 0.25) is 0 Å². The van der Waals surface area contributed by atoms with Gasteiger partial charge in [-0.25, -0.2) is 0 Å². The second-order valence-electron chi connectivity index (χ2n) is 7.58. The van der Waals surface area contributed by atoms with Gasteiger partial charge in [0.2, 0.25) is 0 Å². The Bertz CT molecular complexity index is 1360. The van der Waals surface area contributed by atoms with Crippen LogP contribution in [0.3, 0.4) is 0 Å².